The maximum absolute atomic E-state index is 3.70. The molecule has 0 radical (unpaired) electrons. The zero-order valence-electron chi connectivity index (χ0n) is 14.4. The highest BCUT2D eigenvalue weighted by molar-refractivity contribution is 5.48. The van der Waals surface area contributed by atoms with Gasteiger partial charge < -0.3 is 10.2 Å². The van der Waals surface area contributed by atoms with E-state index in [1.165, 1.54) is 24.1 Å². The fourth-order valence-electron chi connectivity index (χ4n) is 3.07. The van der Waals surface area contributed by atoms with E-state index in [9.17, 15) is 0 Å². The van der Waals surface area contributed by atoms with Crippen molar-refractivity contribution in [3.8, 4) is 0 Å². The highest BCUT2D eigenvalue weighted by Crippen LogP contribution is 2.26. The number of nitrogens with one attached hydrogen (secondary N) is 1. The van der Waals surface area contributed by atoms with Gasteiger partial charge in [0.15, 0.2) is 0 Å². The Bertz CT molecular complexity index is 430. The van der Waals surface area contributed by atoms with Crippen molar-refractivity contribution in [3.05, 3.63) is 29.8 Å². The number of benzene rings is 1. The lowest BCUT2D eigenvalue weighted by atomic mass is 9.87. The van der Waals surface area contributed by atoms with Crippen molar-refractivity contribution in [2.75, 3.05) is 24.5 Å². The second-order valence-electron chi connectivity index (χ2n) is 7.65. The van der Waals surface area contributed by atoms with Gasteiger partial charge in [-0.05, 0) is 48.4 Å². The SMILES string of the molecule is CCC1CCN(c2ccc(C(C)(C)C)cc2)CC(C)CN1. The maximum atomic E-state index is 3.70. The van der Waals surface area contributed by atoms with Crippen LogP contribution < -0.4 is 10.2 Å². The molecule has 1 aliphatic rings. The Morgan fingerprint density at radius 2 is 1.86 bits per heavy atom. The van der Waals surface area contributed by atoms with Crippen LogP contribution in [0.25, 0.3) is 0 Å². The Morgan fingerprint density at radius 1 is 1.19 bits per heavy atom. The summed E-state index contributed by atoms with van der Waals surface area (Å²) >= 11 is 0. The minimum Gasteiger partial charge on any atom is -0.371 e. The van der Waals surface area contributed by atoms with Gasteiger partial charge in [0.05, 0.1) is 0 Å². The molecule has 1 aromatic rings. The van der Waals surface area contributed by atoms with Gasteiger partial charge in [0, 0.05) is 24.8 Å². The van der Waals surface area contributed by atoms with Crippen molar-refractivity contribution in [1.82, 2.24) is 5.32 Å². The Hall–Kier alpha value is -1.02. The summed E-state index contributed by atoms with van der Waals surface area (Å²) in [5.74, 6) is 0.696. The van der Waals surface area contributed by atoms with E-state index in [0.29, 0.717) is 12.0 Å². The van der Waals surface area contributed by atoms with Crippen LogP contribution in [0.2, 0.25) is 0 Å². The van der Waals surface area contributed by atoms with Gasteiger partial charge in [-0.25, -0.2) is 0 Å². The summed E-state index contributed by atoms with van der Waals surface area (Å²) in [6, 6.07) is 9.89. The van der Waals surface area contributed by atoms with Crippen LogP contribution in [-0.4, -0.2) is 25.7 Å². The van der Waals surface area contributed by atoms with Crippen LogP contribution >= 0.6 is 0 Å². The Morgan fingerprint density at radius 3 is 2.43 bits per heavy atom. The van der Waals surface area contributed by atoms with Crippen LogP contribution in [0.4, 0.5) is 5.69 Å². The van der Waals surface area contributed by atoms with Crippen LogP contribution in [-0.2, 0) is 5.41 Å². The van der Waals surface area contributed by atoms with Crippen molar-refractivity contribution >= 4 is 5.69 Å². The molecule has 21 heavy (non-hydrogen) atoms. The molecule has 2 nitrogen and oxygen atoms in total. The third kappa shape index (κ3) is 4.47. The predicted molar refractivity (Wildman–Crippen MR) is 93.2 cm³/mol. The number of hydrogen-bond acceptors (Lipinski definition) is 2. The molecule has 1 saturated heterocycles. The average Bonchev–Trinajstić information content (AvgIpc) is 2.42. The standard InChI is InChI=1S/C19H32N2/c1-6-17-11-12-21(14-15(2)13-20-17)18-9-7-16(8-10-18)19(3,4)5/h7-10,15,17,20H,6,11-14H2,1-5H3. The lowest BCUT2D eigenvalue weighted by Gasteiger charge is -2.34. The maximum Gasteiger partial charge on any atom is 0.0366 e. The number of rotatable bonds is 2. The predicted octanol–water partition coefficient (Wildman–Crippen LogP) is 4.20. The Labute approximate surface area is 130 Å². The summed E-state index contributed by atoms with van der Waals surface area (Å²) in [7, 11) is 0. The lowest BCUT2D eigenvalue weighted by Crippen LogP contribution is -2.43. The van der Waals surface area contributed by atoms with Crippen LogP contribution in [0.3, 0.4) is 0 Å². The molecular weight excluding hydrogens is 256 g/mol. The number of hydrogen-bond donors (Lipinski definition) is 1. The molecule has 2 unspecified atom stereocenters. The van der Waals surface area contributed by atoms with Gasteiger partial charge in [0.1, 0.15) is 0 Å². The summed E-state index contributed by atoms with van der Waals surface area (Å²) in [6.45, 7) is 14.9. The second kappa shape index (κ2) is 6.83. The summed E-state index contributed by atoms with van der Waals surface area (Å²) in [6.07, 6.45) is 2.47. The number of nitrogens with zero attached hydrogens (tertiary/aromatic N) is 1. The third-order valence-corrected chi connectivity index (χ3v) is 4.63. The van der Waals surface area contributed by atoms with E-state index in [4.69, 9.17) is 0 Å². The van der Waals surface area contributed by atoms with E-state index in [-0.39, 0.29) is 5.41 Å². The van der Waals surface area contributed by atoms with E-state index in [2.05, 4.69) is 69.1 Å². The van der Waals surface area contributed by atoms with E-state index < -0.39 is 0 Å². The lowest BCUT2D eigenvalue weighted by molar-refractivity contribution is 0.388. The van der Waals surface area contributed by atoms with Gasteiger partial charge in [0.2, 0.25) is 0 Å². The molecule has 118 valence electrons. The quantitative estimate of drug-likeness (QED) is 0.877. The van der Waals surface area contributed by atoms with E-state index in [1.54, 1.807) is 0 Å². The molecule has 2 rings (SSSR count). The first-order chi connectivity index (χ1) is 9.90. The van der Waals surface area contributed by atoms with Gasteiger partial charge >= 0.3 is 0 Å². The monoisotopic (exact) mass is 288 g/mol. The molecule has 1 fully saturated rings. The molecule has 0 saturated carbocycles. The van der Waals surface area contributed by atoms with Crippen LogP contribution in [0, 0.1) is 5.92 Å². The topological polar surface area (TPSA) is 15.3 Å². The van der Waals surface area contributed by atoms with E-state index >= 15 is 0 Å². The van der Waals surface area contributed by atoms with Gasteiger partial charge in [-0.1, -0.05) is 46.8 Å². The molecular formula is C19H32N2. The molecule has 0 amide bonds. The van der Waals surface area contributed by atoms with E-state index in [0.717, 1.165) is 19.6 Å². The minimum atomic E-state index is 0.235. The van der Waals surface area contributed by atoms with Crippen molar-refractivity contribution < 1.29 is 0 Å². The number of anilines is 1. The summed E-state index contributed by atoms with van der Waals surface area (Å²) in [4.78, 5) is 2.57. The fraction of sp³-hybridized carbons (Fsp3) is 0.684. The molecule has 1 aromatic carbocycles. The first kappa shape index (κ1) is 16.4. The van der Waals surface area contributed by atoms with E-state index in [1.807, 2.05) is 0 Å². The summed E-state index contributed by atoms with van der Waals surface area (Å²) in [5.41, 5.74) is 3.03. The average molecular weight is 288 g/mol. The highest BCUT2D eigenvalue weighted by atomic mass is 15.1. The first-order valence-corrected chi connectivity index (χ1v) is 8.49. The van der Waals surface area contributed by atoms with Gasteiger partial charge in [-0.15, -0.1) is 0 Å². The Kier molecular flexibility index (Phi) is 5.32. The molecule has 1 aliphatic heterocycles. The fourth-order valence-corrected chi connectivity index (χ4v) is 3.07. The summed E-state index contributed by atoms with van der Waals surface area (Å²) in [5, 5.41) is 3.70. The van der Waals surface area contributed by atoms with Crippen LogP contribution in [0.5, 0.6) is 0 Å². The second-order valence-corrected chi connectivity index (χ2v) is 7.65. The molecule has 0 spiro atoms. The largest absolute Gasteiger partial charge is 0.371 e. The molecule has 1 heterocycles. The van der Waals surface area contributed by atoms with Crippen LogP contribution in [0.15, 0.2) is 24.3 Å². The van der Waals surface area contributed by atoms with Gasteiger partial charge in [-0.3, -0.25) is 0 Å². The first-order valence-electron chi connectivity index (χ1n) is 8.49. The molecule has 1 N–H and O–H groups in total. The van der Waals surface area contributed by atoms with Crippen molar-refractivity contribution in [3.63, 3.8) is 0 Å². The van der Waals surface area contributed by atoms with Crippen LogP contribution in [0.1, 0.15) is 53.0 Å². The molecule has 2 heteroatoms. The third-order valence-electron chi connectivity index (χ3n) is 4.63. The highest BCUT2D eigenvalue weighted by Gasteiger charge is 2.19. The van der Waals surface area contributed by atoms with Gasteiger partial charge in [-0.2, -0.15) is 0 Å². The minimum absolute atomic E-state index is 0.235. The zero-order valence-corrected chi connectivity index (χ0v) is 14.4. The van der Waals surface area contributed by atoms with Gasteiger partial charge in [0.25, 0.3) is 0 Å². The smallest absolute Gasteiger partial charge is 0.0366 e. The van der Waals surface area contributed by atoms with Crippen molar-refractivity contribution in [2.24, 2.45) is 5.92 Å². The summed E-state index contributed by atoms with van der Waals surface area (Å²) < 4.78 is 0. The zero-order chi connectivity index (χ0) is 15.5. The Balaban J connectivity index is 2.11. The molecule has 0 aliphatic carbocycles. The van der Waals surface area contributed by atoms with Crippen molar-refractivity contribution in [2.45, 2.75) is 58.9 Å². The normalized spacial score (nSPS) is 24.5. The molecule has 0 aromatic heterocycles. The molecule has 2 atom stereocenters. The van der Waals surface area contributed by atoms with Crippen molar-refractivity contribution in [1.29, 1.82) is 0 Å². The molecule has 0 bridgehead atoms.